The molecule has 18 heavy (non-hydrogen) atoms. The number of benzene rings is 1. The zero-order chi connectivity index (χ0) is 12.9. The molecule has 1 aliphatic rings. The van der Waals surface area contributed by atoms with Gasteiger partial charge in [0.05, 0.1) is 11.1 Å². The monoisotopic (exact) mass is 266 g/mol. The summed E-state index contributed by atoms with van der Waals surface area (Å²) in [7, 11) is -3.60. The van der Waals surface area contributed by atoms with Crippen LogP contribution in [0, 0.1) is 5.82 Å². The summed E-state index contributed by atoms with van der Waals surface area (Å²) in [6, 6.07) is 4.68. The van der Waals surface area contributed by atoms with Crippen LogP contribution >= 0.6 is 0 Å². The molecule has 1 fully saturated rings. The number of hydrogen-bond acceptors (Lipinski definition) is 3. The van der Waals surface area contributed by atoms with Crippen LogP contribution in [0.15, 0.2) is 35.5 Å². The first-order chi connectivity index (χ1) is 8.51. The standard InChI is InChI=1S/C12H11FN2O2S/c1-8-7-15(8)18(16,17)11-4-2-3-9-5-14-6-10(13)12(9)11/h2-6,8H,7H2,1H3/t8-,15?/m0/s1. The molecule has 0 spiro atoms. The molecule has 1 aromatic carbocycles. The van der Waals surface area contributed by atoms with Crippen LogP contribution in [0.4, 0.5) is 4.39 Å². The van der Waals surface area contributed by atoms with Crippen LogP contribution in [-0.4, -0.2) is 30.3 Å². The molecular formula is C12H11FN2O2S. The lowest BCUT2D eigenvalue weighted by atomic mass is 10.2. The second-order valence-electron chi connectivity index (χ2n) is 4.40. The van der Waals surface area contributed by atoms with E-state index in [1.54, 1.807) is 12.1 Å². The van der Waals surface area contributed by atoms with Crippen LogP contribution in [0.1, 0.15) is 6.92 Å². The van der Waals surface area contributed by atoms with Crippen molar-refractivity contribution in [1.29, 1.82) is 0 Å². The molecule has 0 saturated carbocycles. The zero-order valence-electron chi connectivity index (χ0n) is 9.67. The van der Waals surface area contributed by atoms with Crippen LogP contribution in [-0.2, 0) is 10.0 Å². The van der Waals surface area contributed by atoms with Crippen molar-refractivity contribution in [2.75, 3.05) is 6.54 Å². The van der Waals surface area contributed by atoms with Gasteiger partial charge in [-0.25, -0.2) is 12.8 Å². The normalized spacial score (nSPS) is 23.2. The quantitative estimate of drug-likeness (QED) is 0.778. The highest BCUT2D eigenvalue weighted by Crippen LogP contribution is 2.32. The zero-order valence-corrected chi connectivity index (χ0v) is 10.5. The number of nitrogens with zero attached hydrogens (tertiary/aromatic N) is 2. The molecule has 4 nitrogen and oxygen atoms in total. The summed E-state index contributed by atoms with van der Waals surface area (Å²) >= 11 is 0. The van der Waals surface area contributed by atoms with Crippen molar-refractivity contribution < 1.29 is 12.8 Å². The summed E-state index contributed by atoms with van der Waals surface area (Å²) < 4.78 is 39.8. The summed E-state index contributed by atoms with van der Waals surface area (Å²) in [5, 5.41) is 0.608. The molecule has 1 saturated heterocycles. The van der Waals surface area contributed by atoms with E-state index in [2.05, 4.69) is 4.98 Å². The average Bonchev–Trinajstić information content (AvgIpc) is 3.07. The van der Waals surface area contributed by atoms with Gasteiger partial charge in [0.25, 0.3) is 0 Å². The van der Waals surface area contributed by atoms with E-state index in [1.807, 2.05) is 6.92 Å². The molecule has 94 valence electrons. The molecule has 1 aliphatic heterocycles. The largest absolute Gasteiger partial charge is 0.261 e. The van der Waals surface area contributed by atoms with E-state index in [-0.39, 0.29) is 16.3 Å². The Labute approximate surface area is 104 Å². The van der Waals surface area contributed by atoms with E-state index >= 15 is 0 Å². The van der Waals surface area contributed by atoms with Gasteiger partial charge >= 0.3 is 0 Å². The number of aromatic nitrogens is 1. The summed E-state index contributed by atoms with van der Waals surface area (Å²) in [6.45, 7) is 2.31. The molecule has 2 heterocycles. The molecule has 0 amide bonds. The Balaban J connectivity index is 2.30. The molecule has 0 N–H and O–H groups in total. The fraction of sp³-hybridized carbons (Fsp3) is 0.250. The van der Waals surface area contributed by atoms with Gasteiger partial charge in [-0.15, -0.1) is 0 Å². The molecule has 1 unspecified atom stereocenters. The number of rotatable bonds is 2. The Morgan fingerprint density at radius 2 is 2.11 bits per heavy atom. The highest BCUT2D eigenvalue weighted by molar-refractivity contribution is 7.89. The molecular weight excluding hydrogens is 255 g/mol. The van der Waals surface area contributed by atoms with E-state index < -0.39 is 15.8 Å². The van der Waals surface area contributed by atoms with Gasteiger partial charge in [0.15, 0.2) is 5.82 Å². The number of halogens is 1. The molecule has 0 aliphatic carbocycles. The van der Waals surface area contributed by atoms with E-state index in [1.165, 1.54) is 16.6 Å². The van der Waals surface area contributed by atoms with Crippen LogP contribution in [0.5, 0.6) is 0 Å². The van der Waals surface area contributed by atoms with E-state index in [4.69, 9.17) is 0 Å². The van der Waals surface area contributed by atoms with Gasteiger partial charge in [-0.1, -0.05) is 12.1 Å². The number of fused-ring (bicyclic) bond motifs is 1. The van der Waals surface area contributed by atoms with Gasteiger partial charge in [-0.3, -0.25) is 4.98 Å². The Morgan fingerprint density at radius 3 is 2.78 bits per heavy atom. The van der Waals surface area contributed by atoms with Gasteiger partial charge in [0.2, 0.25) is 10.0 Å². The van der Waals surface area contributed by atoms with Gasteiger partial charge in [0.1, 0.15) is 0 Å². The van der Waals surface area contributed by atoms with Crippen molar-refractivity contribution in [3.05, 3.63) is 36.4 Å². The molecule has 1 aromatic heterocycles. The third-order valence-electron chi connectivity index (χ3n) is 3.09. The van der Waals surface area contributed by atoms with Gasteiger partial charge < -0.3 is 0 Å². The lowest BCUT2D eigenvalue weighted by Gasteiger charge is -2.09. The van der Waals surface area contributed by atoms with Crippen molar-refractivity contribution in [3.63, 3.8) is 0 Å². The van der Waals surface area contributed by atoms with Crippen molar-refractivity contribution in [2.24, 2.45) is 0 Å². The third kappa shape index (κ3) is 1.60. The molecule has 2 atom stereocenters. The van der Waals surface area contributed by atoms with Crippen LogP contribution in [0.3, 0.4) is 0 Å². The smallest absolute Gasteiger partial charge is 0.244 e. The van der Waals surface area contributed by atoms with E-state index in [0.29, 0.717) is 11.9 Å². The minimum atomic E-state index is -3.60. The maximum atomic E-state index is 13.8. The summed E-state index contributed by atoms with van der Waals surface area (Å²) in [6.07, 6.45) is 2.50. The third-order valence-corrected chi connectivity index (χ3v) is 5.11. The van der Waals surface area contributed by atoms with Crippen LogP contribution in [0.25, 0.3) is 10.8 Å². The minimum absolute atomic E-state index is 0.00449. The highest BCUT2D eigenvalue weighted by atomic mass is 32.2. The molecule has 0 radical (unpaired) electrons. The molecule has 0 bridgehead atoms. The van der Waals surface area contributed by atoms with Crippen molar-refractivity contribution in [2.45, 2.75) is 17.9 Å². The van der Waals surface area contributed by atoms with Gasteiger partial charge in [-0.05, 0) is 13.0 Å². The second kappa shape index (κ2) is 3.73. The lowest BCUT2D eigenvalue weighted by molar-refractivity contribution is 0.555. The van der Waals surface area contributed by atoms with Gasteiger partial charge in [0, 0.05) is 29.6 Å². The summed E-state index contributed by atoms with van der Waals surface area (Å²) in [5.74, 6) is -0.610. The SMILES string of the molecule is C[C@H]1CN1S(=O)(=O)c1cccc2cncc(F)c12. The first-order valence-electron chi connectivity index (χ1n) is 5.56. The van der Waals surface area contributed by atoms with Crippen molar-refractivity contribution in [1.82, 2.24) is 9.29 Å². The van der Waals surface area contributed by atoms with Crippen molar-refractivity contribution >= 4 is 20.8 Å². The van der Waals surface area contributed by atoms with Gasteiger partial charge in [-0.2, -0.15) is 4.31 Å². The van der Waals surface area contributed by atoms with Crippen LogP contribution in [0.2, 0.25) is 0 Å². The van der Waals surface area contributed by atoms with Crippen LogP contribution < -0.4 is 0 Å². The predicted molar refractivity (Wildman–Crippen MR) is 65.1 cm³/mol. The number of hydrogen-bond donors (Lipinski definition) is 0. The fourth-order valence-corrected chi connectivity index (χ4v) is 3.91. The highest BCUT2D eigenvalue weighted by Gasteiger charge is 2.42. The minimum Gasteiger partial charge on any atom is -0.261 e. The van der Waals surface area contributed by atoms with Crippen molar-refractivity contribution in [3.8, 4) is 0 Å². The second-order valence-corrected chi connectivity index (χ2v) is 6.26. The Hall–Kier alpha value is -1.53. The predicted octanol–water partition coefficient (Wildman–Crippen LogP) is 1.77. The molecule has 6 heteroatoms. The van der Waals surface area contributed by atoms with E-state index in [0.717, 1.165) is 6.20 Å². The number of sulfonamides is 1. The fourth-order valence-electron chi connectivity index (χ4n) is 2.05. The van der Waals surface area contributed by atoms with E-state index in [9.17, 15) is 12.8 Å². The Morgan fingerprint density at radius 1 is 1.39 bits per heavy atom. The lowest BCUT2D eigenvalue weighted by Crippen LogP contribution is -2.14. The number of pyridine rings is 1. The summed E-state index contributed by atoms with van der Waals surface area (Å²) in [4.78, 5) is 3.75. The maximum absolute atomic E-state index is 13.8. The molecule has 3 rings (SSSR count). The molecule has 2 aromatic rings. The first-order valence-corrected chi connectivity index (χ1v) is 7.00. The first kappa shape index (κ1) is 11.6. The maximum Gasteiger partial charge on any atom is 0.244 e. The Kier molecular flexibility index (Phi) is 2.39. The Bertz CT molecular complexity index is 725. The average molecular weight is 266 g/mol. The topological polar surface area (TPSA) is 50.0 Å². The summed E-state index contributed by atoms with van der Waals surface area (Å²) in [5.41, 5.74) is 0.